The molecule has 4 heteroatoms. The SMILES string of the molecule is O=C(c1ccccc1)[C@H]1c2ccccc2C=C[C@@H]1c1ccc(C(F)(F)F)cc1. The molecule has 3 aromatic rings. The zero-order chi connectivity index (χ0) is 19.7. The van der Waals surface area contributed by atoms with E-state index < -0.39 is 17.7 Å². The lowest BCUT2D eigenvalue weighted by molar-refractivity contribution is -0.137. The van der Waals surface area contributed by atoms with Crippen molar-refractivity contribution in [2.75, 3.05) is 0 Å². The largest absolute Gasteiger partial charge is 0.416 e. The van der Waals surface area contributed by atoms with Gasteiger partial charge in [-0.15, -0.1) is 0 Å². The van der Waals surface area contributed by atoms with Gasteiger partial charge in [-0.25, -0.2) is 0 Å². The van der Waals surface area contributed by atoms with Gasteiger partial charge in [0.25, 0.3) is 0 Å². The van der Waals surface area contributed by atoms with E-state index in [-0.39, 0.29) is 11.7 Å². The number of ketones is 1. The van der Waals surface area contributed by atoms with Gasteiger partial charge in [0.15, 0.2) is 5.78 Å². The monoisotopic (exact) mass is 378 g/mol. The normalized spacial score (nSPS) is 18.5. The van der Waals surface area contributed by atoms with Crippen LogP contribution in [0.3, 0.4) is 0 Å². The number of halogens is 3. The Balaban J connectivity index is 1.78. The first-order chi connectivity index (χ1) is 13.4. The third-order valence-electron chi connectivity index (χ3n) is 5.14. The molecule has 0 saturated heterocycles. The Hall–Kier alpha value is -3.14. The Labute approximate surface area is 161 Å². The van der Waals surface area contributed by atoms with Gasteiger partial charge < -0.3 is 0 Å². The second kappa shape index (κ2) is 7.12. The molecule has 0 unspecified atom stereocenters. The number of Topliss-reactive ketones (excluding diaryl/α,β-unsaturated/α-hetero) is 1. The van der Waals surface area contributed by atoms with Crippen LogP contribution in [0.15, 0.2) is 84.9 Å². The molecule has 0 N–H and O–H groups in total. The van der Waals surface area contributed by atoms with Crippen molar-refractivity contribution in [2.45, 2.75) is 18.0 Å². The fraction of sp³-hybridized carbons (Fsp3) is 0.125. The Kier molecular flexibility index (Phi) is 4.63. The summed E-state index contributed by atoms with van der Waals surface area (Å²) in [5.41, 5.74) is 2.44. The number of benzene rings is 3. The lowest BCUT2D eigenvalue weighted by atomic mass is 9.72. The number of rotatable bonds is 3. The number of hydrogen-bond donors (Lipinski definition) is 0. The third-order valence-corrected chi connectivity index (χ3v) is 5.14. The van der Waals surface area contributed by atoms with E-state index in [2.05, 4.69) is 0 Å². The van der Waals surface area contributed by atoms with E-state index in [0.717, 1.165) is 23.3 Å². The molecule has 4 rings (SSSR count). The highest BCUT2D eigenvalue weighted by molar-refractivity contribution is 6.03. The topological polar surface area (TPSA) is 17.1 Å². The summed E-state index contributed by atoms with van der Waals surface area (Å²) in [4.78, 5) is 13.4. The fourth-order valence-corrected chi connectivity index (χ4v) is 3.74. The second-order valence-electron chi connectivity index (χ2n) is 6.84. The molecule has 0 amide bonds. The molecule has 3 aromatic carbocycles. The number of allylic oxidation sites excluding steroid dienone is 1. The van der Waals surface area contributed by atoms with Gasteiger partial charge in [-0.05, 0) is 28.8 Å². The maximum atomic E-state index is 13.4. The molecular formula is C24H17F3O. The first kappa shape index (κ1) is 18.2. The second-order valence-corrected chi connectivity index (χ2v) is 6.84. The summed E-state index contributed by atoms with van der Waals surface area (Å²) in [6.45, 7) is 0. The average molecular weight is 378 g/mol. The molecule has 28 heavy (non-hydrogen) atoms. The standard InChI is InChI=1S/C24H17F3O/c25-24(26,27)19-13-10-17(11-14-19)21-15-12-16-6-4-5-9-20(16)22(21)23(28)18-7-2-1-3-8-18/h1-15,21-22H/t21-,22+/m1/s1. The molecule has 1 aliphatic rings. The molecule has 0 saturated carbocycles. The Bertz CT molecular complexity index is 1020. The van der Waals surface area contributed by atoms with Crippen molar-refractivity contribution >= 4 is 11.9 Å². The highest BCUT2D eigenvalue weighted by Crippen LogP contribution is 2.42. The third kappa shape index (κ3) is 3.38. The van der Waals surface area contributed by atoms with Crippen LogP contribution in [0.1, 0.15) is 44.4 Å². The molecular weight excluding hydrogens is 361 g/mol. The van der Waals surface area contributed by atoms with E-state index in [1.54, 1.807) is 12.1 Å². The van der Waals surface area contributed by atoms with Crippen LogP contribution in [0.25, 0.3) is 6.08 Å². The van der Waals surface area contributed by atoms with Crippen molar-refractivity contribution in [2.24, 2.45) is 0 Å². The minimum absolute atomic E-state index is 0.0395. The van der Waals surface area contributed by atoms with E-state index in [1.165, 1.54) is 12.1 Å². The Morgan fingerprint density at radius 1 is 0.786 bits per heavy atom. The summed E-state index contributed by atoms with van der Waals surface area (Å²) in [5.74, 6) is -0.854. The average Bonchev–Trinajstić information content (AvgIpc) is 2.72. The van der Waals surface area contributed by atoms with E-state index in [4.69, 9.17) is 0 Å². The molecule has 0 spiro atoms. The number of fused-ring (bicyclic) bond motifs is 1. The minimum atomic E-state index is -4.38. The Morgan fingerprint density at radius 3 is 2.11 bits per heavy atom. The first-order valence-corrected chi connectivity index (χ1v) is 8.99. The summed E-state index contributed by atoms with van der Waals surface area (Å²) in [7, 11) is 0. The van der Waals surface area contributed by atoms with Crippen LogP contribution in [0.4, 0.5) is 13.2 Å². The van der Waals surface area contributed by atoms with Gasteiger partial charge in [0.1, 0.15) is 0 Å². The maximum absolute atomic E-state index is 13.4. The van der Waals surface area contributed by atoms with Crippen LogP contribution in [0.2, 0.25) is 0 Å². The smallest absolute Gasteiger partial charge is 0.293 e. The van der Waals surface area contributed by atoms with Crippen LogP contribution in [-0.4, -0.2) is 5.78 Å². The van der Waals surface area contributed by atoms with Gasteiger partial charge in [-0.3, -0.25) is 4.79 Å². The van der Waals surface area contributed by atoms with Crippen molar-refractivity contribution in [1.82, 2.24) is 0 Å². The predicted molar refractivity (Wildman–Crippen MR) is 103 cm³/mol. The predicted octanol–water partition coefficient (Wildman–Crippen LogP) is 6.48. The molecule has 0 fully saturated rings. The highest BCUT2D eigenvalue weighted by Gasteiger charge is 2.35. The van der Waals surface area contributed by atoms with Crippen molar-refractivity contribution in [3.8, 4) is 0 Å². The molecule has 140 valence electrons. The zero-order valence-corrected chi connectivity index (χ0v) is 14.9. The van der Waals surface area contributed by atoms with Gasteiger partial charge >= 0.3 is 6.18 Å². The van der Waals surface area contributed by atoms with Gasteiger partial charge in [0, 0.05) is 11.5 Å². The van der Waals surface area contributed by atoms with Crippen LogP contribution < -0.4 is 0 Å². The maximum Gasteiger partial charge on any atom is 0.416 e. The van der Waals surface area contributed by atoms with Gasteiger partial charge in [-0.2, -0.15) is 13.2 Å². The van der Waals surface area contributed by atoms with Crippen LogP contribution in [-0.2, 0) is 6.18 Å². The molecule has 0 bridgehead atoms. The molecule has 0 heterocycles. The number of hydrogen-bond acceptors (Lipinski definition) is 1. The first-order valence-electron chi connectivity index (χ1n) is 8.99. The van der Waals surface area contributed by atoms with E-state index in [1.807, 2.05) is 54.6 Å². The van der Waals surface area contributed by atoms with Crippen molar-refractivity contribution in [3.05, 3.63) is 113 Å². The van der Waals surface area contributed by atoms with Crippen molar-refractivity contribution < 1.29 is 18.0 Å². The number of carbonyl (C=O) groups is 1. The van der Waals surface area contributed by atoms with Gasteiger partial charge in [0.2, 0.25) is 0 Å². The molecule has 1 aliphatic carbocycles. The summed E-state index contributed by atoms with van der Waals surface area (Å²) < 4.78 is 38.8. The molecule has 0 aromatic heterocycles. The minimum Gasteiger partial charge on any atom is -0.293 e. The van der Waals surface area contributed by atoms with E-state index in [9.17, 15) is 18.0 Å². The lowest BCUT2D eigenvalue weighted by Gasteiger charge is -2.29. The van der Waals surface area contributed by atoms with E-state index in [0.29, 0.717) is 11.1 Å². The van der Waals surface area contributed by atoms with E-state index >= 15 is 0 Å². The van der Waals surface area contributed by atoms with Crippen LogP contribution in [0, 0.1) is 0 Å². The quantitative estimate of drug-likeness (QED) is 0.477. The lowest BCUT2D eigenvalue weighted by Crippen LogP contribution is -2.23. The molecule has 0 aliphatic heterocycles. The highest BCUT2D eigenvalue weighted by atomic mass is 19.4. The van der Waals surface area contributed by atoms with Gasteiger partial charge in [-0.1, -0.05) is 78.9 Å². The van der Waals surface area contributed by atoms with Crippen molar-refractivity contribution in [1.29, 1.82) is 0 Å². The summed E-state index contributed by atoms with van der Waals surface area (Å²) in [5, 5.41) is 0. The molecule has 1 nitrogen and oxygen atoms in total. The fourth-order valence-electron chi connectivity index (χ4n) is 3.74. The summed E-state index contributed by atoms with van der Waals surface area (Å²) >= 11 is 0. The zero-order valence-electron chi connectivity index (χ0n) is 14.9. The van der Waals surface area contributed by atoms with Crippen LogP contribution >= 0.6 is 0 Å². The van der Waals surface area contributed by atoms with Crippen LogP contribution in [0.5, 0.6) is 0 Å². The summed E-state index contributed by atoms with van der Waals surface area (Å²) in [6.07, 6.45) is -0.532. The molecule has 2 atom stereocenters. The number of carbonyl (C=O) groups excluding carboxylic acids is 1. The Morgan fingerprint density at radius 2 is 1.43 bits per heavy atom. The summed E-state index contributed by atoms with van der Waals surface area (Å²) in [6, 6.07) is 21.8. The van der Waals surface area contributed by atoms with Gasteiger partial charge in [0.05, 0.1) is 11.5 Å². The molecule has 0 radical (unpaired) electrons. The van der Waals surface area contributed by atoms with Crippen molar-refractivity contribution in [3.63, 3.8) is 0 Å². The number of alkyl halides is 3.